The van der Waals surface area contributed by atoms with Crippen LogP contribution in [0.1, 0.15) is 11.3 Å². The standard InChI is InChI=1S/C22H18N4O5/c1-31-19-10-8-16(9-11-19)24-12-2-3-18(24)13-20-21(27)25(22(28)23-20)14-15-4-6-17(7-5-15)26(29)30/h2-13H,14H2,1H3,(H,23,28). The Balaban J connectivity index is 1.55. The minimum Gasteiger partial charge on any atom is -0.497 e. The molecule has 0 unspecified atom stereocenters. The van der Waals surface area contributed by atoms with Crippen LogP contribution in [-0.4, -0.2) is 33.4 Å². The van der Waals surface area contributed by atoms with Crippen LogP contribution in [0.25, 0.3) is 11.8 Å². The average molecular weight is 418 g/mol. The highest BCUT2D eigenvalue weighted by atomic mass is 16.6. The summed E-state index contributed by atoms with van der Waals surface area (Å²) in [4.78, 5) is 36.5. The monoisotopic (exact) mass is 418 g/mol. The average Bonchev–Trinajstić information content (AvgIpc) is 3.34. The molecule has 1 aliphatic rings. The SMILES string of the molecule is COc1ccc(-n2cccc2C=C2NC(=O)N(Cc3ccc([N+](=O)[O-])cc3)C2=O)cc1. The summed E-state index contributed by atoms with van der Waals surface area (Å²) < 4.78 is 7.06. The zero-order chi connectivity index (χ0) is 22.0. The molecule has 1 fully saturated rings. The van der Waals surface area contributed by atoms with E-state index in [-0.39, 0.29) is 17.9 Å². The Bertz CT molecular complexity index is 1180. The Morgan fingerprint density at radius 3 is 2.42 bits per heavy atom. The first-order valence-electron chi connectivity index (χ1n) is 9.36. The molecule has 9 nitrogen and oxygen atoms in total. The number of benzene rings is 2. The molecule has 4 rings (SSSR count). The van der Waals surface area contributed by atoms with Gasteiger partial charge in [0.05, 0.1) is 18.6 Å². The number of rotatable bonds is 6. The molecular weight excluding hydrogens is 400 g/mol. The van der Waals surface area contributed by atoms with Gasteiger partial charge in [-0.05, 0) is 48.0 Å². The Hall–Kier alpha value is -4.40. The summed E-state index contributed by atoms with van der Waals surface area (Å²) in [5, 5.41) is 13.4. The van der Waals surface area contributed by atoms with E-state index < -0.39 is 16.9 Å². The minimum absolute atomic E-state index is 0.0134. The summed E-state index contributed by atoms with van der Waals surface area (Å²) in [7, 11) is 1.59. The summed E-state index contributed by atoms with van der Waals surface area (Å²) in [5.41, 5.74) is 2.29. The molecule has 2 aromatic carbocycles. The first-order chi connectivity index (χ1) is 15.0. The number of carbonyl (C=O) groups excluding carboxylic acids is 2. The molecule has 1 N–H and O–H groups in total. The van der Waals surface area contributed by atoms with Crippen LogP contribution in [0.5, 0.6) is 5.75 Å². The molecule has 156 valence electrons. The van der Waals surface area contributed by atoms with Gasteiger partial charge in [0.2, 0.25) is 0 Å². The normalized spacial score (nSPS) is 14.7. The molecule has 1 saturated heterocycles. The lowest BCUT2D eigenvalue weighted by Crippen LogP contribution is -2.30. The summed E-state index contributed by atoms with van der Waals surface area (Å²) in [5.74, 6) is 0.266. The van der Waals surface area contributed by atoms with E-state index in [2.05, 4.69) is 5.32 Å². The largest absolute Gasteiger partial charge is 0.497 e. The third-order valence-electron chi connectivity index (χ3n) is 4.87. The van der Waals surface area contributed by atoms with Crippen molar-refractivity contribution in [3.63, 3.8) is 0 Å². The molecular formula is C22H18N4O5. The van der Waals surface area contributed by atoms with Gasteiger partial charge in [-0.15, -0.1) is 0 Å². The molecule has 1 aromatic heterocycles. The van der Waals surface area contributed by atoms with E-state index in [1.807, 2.05) is 47.2 Å². The molecule has 3 aromatic rings. The zero-order valence-corrected chi connectivity index (χ0v) is 16.5. The second-order valence-corrected chi connectivity index (χ2v) is 6.80. The van der Waals surface area contributed by atoms with E-state index in [9.17, 15) is 19.7 Å². The van der Waals surface area contributed by atoms with Gasteiger partial charge in [0.15, 0.2) is 0 Å². The predicted molar refractivity (Wildman–Crippen MR) is 112 cm³/mol. The maximum Gasteiger partial charge on any atom is 0.329 e. The minimum atomic E-state index is -0.544. The number of urea groups is 1. The van der Waals surface area contributed by atoms with Gasteiger partial charge in [-0.2, -0.15) is 0 Å². The lowest BCUT2D eigenvalue weighted by atomic mass is 10.2. The van der Waals surface area contributed by atoms with Crippen molar-refractivity contribution in [3.8, 4) is 11.4 Å². The fourth-order valence-corrected chi connectivity index (χ4v) is 3.26. The van der Waals surface area contributed by atoms with Crippen LogP contribution in [0.2, 0.25) is 0 Å². The molecule has 1 aliphatic heterocycles. The van der Waals surface area contributed by atoms with E-state index in [0.717, 1.165) is 16.3 Å². The van der Waals surface area contributed by atoms with Crippen molar-refractivity contribution < 1.29 is 19.2 Å². The van der Waals surface area contributed by atoms with Gasteiger partial charge in [0.1, 0.15) is 11.4 Å². The van der Waals surface area contributed by atoms with Crippen molar-refractivity contribution in [2.75, 3.05) is 7.11 Å². The van der Waals surface area contributed by atoms with E-state index in [0.29, 0.717) is 11.3 Å². The van der Waals surface area contributed by atoms with Crippen LogP contribution in [-0.2, 0) is 11.3 Å². The van der Waals surface area contributed by atoms with Crippen LogP contribution < -0.4 is 10.1 Å². The number of hydrogen-bond donors (Lipinski definition) is 1. The van der Waals surface area contributed by atoms with Crippen LogP contribution in [0.3, 0.4) is 0 Å². The van der Waals surface area contributed by atoms with Crippen molar-refractivity contribution >= 4 is 23.7 Å². The molecule has 3 amide bonds. The van der Waals surface area contributed by atoms with Crippen molar-refractivity contribution in [3.05, 3.63) is 93.9 Å². The van der Waals surface area contributed by atoms with Gasteiger partial charge in [0, 0.05) is 29.7 Å². The molecule has 9 heteroatoms. The number of nitro groups is 1. The second-order valence-electron chi connectivity index (χ2n) is 6.80. The number of hydrogen-bond acceptors (Lipinski definition) is 5. The number of amides is 3. The molecule has 0 atom stereocenters. The van der Waals surface area contributed by atoms with Gasteiger partial charge in [0.25, 0.3) is 11.6 Å². The first kappa shape index (κ1) is 19.9. The summed E-state index contributed by atoms with van der Waals surface area (Å²) in [6.45, 7) is 0.0134. The highest BCUT2D eigenvalue weighted by Crippen LogP contribution is 2.22. The number of non-ortho nitro benzene ring substituents is 1. The number of nitro benzene ring substituents is 1. The van der Waals surface area contributed by atoms with Crippen molar-refractivity contribution in [1.82, 2.24) is 14.8 Å². The van der Waals surface area contributed by atoms with Gasteiger partial charge < -0.3 is 14.6 Å². The first-order valence-corrected chi connectivity index (χ1v) is 9.36. The molecule has 0 aliphatic carbocycles. The Kier molecular flexibility index (Phi) is 5.23. The van der Waals surface area contributed by atoms with Gasteiger partial charge in [-0.1, -0.05) is 12.1 Å². The molecule has 0 spiro atoms. The number of carbonyl (C=O) groups is 2. The maximum absolute atomic E-state index is 12.8. The van der Waals surface area contributed by atoms with Crippen molar-refractivity contribution in [1.29, 1.82) is 0 Å². The van der Waals surface area contributed by atoms with E-state index in [1.54, 1.807) is 13.2 Å². The van der Waals surface area contributed by atoms with Crippen molar-refractivity contribution in [2.45, 2.75) is 6.54 Å². The van der Waals surface area contributed by atoms with E-state index in [4.69, 9.17) is 4.74 Å². The highest BCUT2D eigenvalue weighted by Gasteiger charge is 2.33. The lowest BCUT2D eigenvalue weighted by molar-refractivity contribution is -0.384. The summed E-state index contributed by atoms with van der Waals surface area (Å²) >= 11 is 0. The van der Waals surface area contributed by atoms with Crippen LogP contribution >= 0.6 is 0 Å². The van der Waals surface area contributed by atoms with Crippen LogP contribution in [0.4, 0.5) is 10.5 Å². The number of ether oxygens (including phenoxy) is 1. The number of aromatic nitrogens is 1. The Labute approximate surface area is 177 Å². The fourth-order valence-electron chi connectivity index (χ4n) is 3.26. The summed E-state index contributed by atoms with van der Waals surface area (Å²) in [6, 6.07) is 16.3. The van der Waals surface area contributed by atoms with Crippen LogP contribution in [0.15, 0.2) is 72.6 Å². The number of nitrogens with one attached hydrogen (secondary N) is 1. The third-order valence-corrected chi connectivity index (χ3v) is 4.87. The topological polar surface area (TPSA) is 107 Å². The smallest absolute Gasteiger partial charge is 0.329 e. The van der Waals surface area contributed by atoms with E-state index >= 15 is 0 Å². The van der Waals surface area contributed by atoms with Gasteiger partial charge in [-0.25, -0.2) is 4.79 Å². The number of methoxy groups -OCH3 is 1. The van der Waals surface area contributed by atoms with Gasteiger partial charge >= 0.3 is 6.03 Å². The highest BCUT2D eigenvalue weighted by molar-refractivity contribution is 6.13. The maximum atomic E-state index is 12.8. The van der Waals surface area contributed by atoms with Gasteiger partial charge in [-0.3, -0.25) is 19.8 Å². The van der Waals surface area contributed by atoms with Crippen LogP contribution in [0, 0.1) is 10.1 Å². The second kappa shape index (κ2) is 8.15. The molecule has 0 bridgehead atoms. The number of imide groups is 1. The zero-order valence-electron chi connectivity index (χ0n) is 16.5. The molecule has 0 saturated carbocycles. The molecule has 0 radical (unpaired) electrons. The third kappa shape index (κ3) is 4.01. The fraction of sp³-hybridized carbons (Fsp3) is 0.0909. The lowest BCUT2D eigenvalue weighted by Gasteiger charge is -2.11. The summed E-state index contributed by atoms with van der Waals surface area (Å²) in [6.07, 6.45) is 3.46. The van der Waals surface area contributed by atoms with E-state index in [1.165, 1.54) is 24.3 Å². The molecule has 2 heterocycles. The Morgan fingerprint density at radius 1 is 1.06 bits per heavy atom. The molecule has 31 heavy (non-hydrogen) atoms. The quantitative estimate of drug-likeness (QED) is 0.285. The van der Waals surface area contributed by atoms with Crippen molar-refractivity contribution in [2.24, 2.45) is 0 Å². The number of nitrogens with zero attached hydrogens (tertiary/aromatic N) is 3. The Morgan fingerprint density at radius 2 is 1.77 bits per heavy atom. The predicted octanol–water partition coefficient (Wildman–Crippen LogP) is 3.49.